The first-order valence-electron chi connectivity index (χ1n) is 6.26. The van der Waals surface area contributed by atoms with Gasteiger partial charge in [-0.2, -0.15) is 0 Å². The summed E-state index contributed by atoms with van der Waals surface area (Å²) in [5.41, 5.74) is 1.28. The molecule has 0 amide bonds. The number of ether oxygens (including phenoxy) is 1. The Morgan fingerprint density at radius 1 is 1.05 bits per heavy atom. The zero-order valence-corrected chi connectivity index (χ0v) is 10.7. The van der Waals surface area contributed by atoms with E-state index in [1.807, 2.05) is 24.3 Å². The number of hydrogen-bond donors (Lipinski definition) is 1. The first-order valence-corrected chi connectivity index (χ1v) is 6.26. The molecule has 0 aromatic heterocycles. The van der Waals surface area contributed by atoms with E-state index in [1.165, 1.54) is 7.11 Å². The van der Waals surface area contributed by atoms with Crippen LogP contribution >= 0.6 is 0 Å². The van der Waals surface area contributed by atoms with E-state index in [0.717, 1.165) is 11.1 Å². The third kappa shape index (κ3) is 1.90. The second-order valence-corrected chi connectivity index (χ2v) is 4.98. The Hall–Kier alpha value is -1.87. The van der Waals surface area contributed by atoms with Gasteiger partial charge < -0.3 is 9.84 Å². The van der Waals surface area contributed by atoms with Gasteiger partial charge in [0.2, 0.25) is 0 Å². The van der Waals surface area contributed by atoms with Gasteiger partial charge in [0, 0.05) is 18.4 Å². The van der Waals surface area contributed by atoms with Crippen molar-refractivity contribution < 1.29 is 14.2 Å². The molecule has 0 fully saturated rings. The highest BCUT2D eigenvalue weighted by Gasteiger charge is 2.39. The highest BCUT2D eigenvalue weighted by atomic mass is 19.1. The summed E-state index contributed by atoms with van der Waals surface area (Å²) in [4.78, 5) is 0. The SMILES string of the molecule is COc1cccc(C2(O)Cc3ccccc3C2)c1F. The summed E-state index contributed by atoms with van der Waals surface area (Å²) in [5.74, 6) is -0.304. The molecule has 98 valence electrons. The molecule has 19 heavy (non-hydrogen) atoms. The molecule has 1 N–H and O–H groups in total. The third-order valence-electron chi connectivity index (χ3n) is 3.77. The van der Waals surface area contributed by atoms with Crippen LogP contribution in [0.3, 0.4) is 0 Å². The molecule has 3 heteroatoms. The van der Waals surface area contributed by atoms with Crippen LogP contribution < -0.4 is 4.74 Å². The maximum absolute atomic E-state index is 14.3. The zero-order valence-electron chi connectivity index (χ0n) is 10.7. The van der Waals surface area contributed by atoms with Crippen LogP contribution in [0.15, 0.2) is 42.5 Å². The van der Waals surface area contributed by atoms with Gasteiger partial charge in [-0.1, -0.05) is 36.4 Å². The summed E-state index contributed by atoms with van der Waals surface area (Å²) in [6.45, 7) is 0. The monoisotopic (exact) mass is 258 g/mol. The lowest BCUT2D eigenvalue weighted by atomic mass is 9.90. The van der Waals surface area contributed by atoms with Gasteiger partial charge in [-0.05, 0) is 17.2 Å². The summed E-state index contributed by atoms with van der Waals surface area (Å²) in [6.07, 6.45) is 0.876. The molecule has 0 atom stereocenters. The normalized spacial score (nSPS) is 16.2. The van der Waals surface area contributed by atoms with E-state index in [1.54, 1.807) is 18.2 Å². The highest BCUT2D eigenvalue weighted by Crippen LogP contribution is 2.40. The summed E-state index contributed by atoms with van der Waals surface area (Å²) in [6, 6.07) is 12.7. The average Bonchev–Trinajstić information content (AvgIpc) is 2.76. The molecule has 1 aliphatic carbocycles. The van der Waals surface area contributed by atoms with Gasteiger partial charge in [0.15, 0.2) is 11.6 Å². The molecule has 0 heterocycles. The summed E-state index contributed by atoms with van der Waals surface area (Å²) < 4.78 is 19.3. The lowest BCUT2D eigenvalue weighted by molar-refractivity contribution is 0.0440. The van der Waals surface area contributed by atoms with E-state index in [2.05, 4.69) is 0 Å². The van der Waals surface area contributed by atoms with Crippen molar-refractivity contribution in [1.82, 2.24) is 0 Å². The Morgan fingerprint density at radius 3 is 2.26 bits per heavy atom. The van der Waals surface area contributed by atoms with Crippen LogP contribution in [0.5, 0.6) is 5.75 Å². The van der Waals surface area contributed by atoms with Crippen LogP contribution in [0.1, 0.15) is 16.7 Å². The molecular formula is C16H15FO2. The minimum atomic E-state index is -1.18. The average molecular weight is 258 g/mol. The van der Waals surface area contributed by atoms with Crippen molar-refractivity contribution in [3.63, 3.8) is 0 Å². The maximum Gasteiger partial charge on any atom is 0.171 e. The Balaban J connectivity index is 2.05. The molecule has 2 nitrogen and oxygen atoms in total. The van der Waals surface area contributed by atoms with Gasteiger partial charge in [0.25, 0.3) is 0 Å². The minimum absolute atomic E-state index is 0.168. The number of halogens is 1. The van der Waals surface area contributed by atoms with E-state index in [-0.39, 0.29) is 5.75 Å². The van der Waals surface area contributed by atoms with Crippen molar-refractivity contribution in [2.45, 2.75) is 18.4 Å². The molecule has 0 spiro atoms. The van der Waals surface area contributed by atoms with Crippen molar-refractivity contribution in [3.8, 4) is 5.75 Å². The smallest absolute Gasteiger partial charge is 0.171 e. The van der Waals surface area contributed by atoms with E-state index in [0.29, 0.717) is 18.4 Å². The fourth-order valence-corrected chi connectivity index (χ4v) is 2.81. The fourth-order valence-electron chi connectivity index (χ4n) is 2.81. The third-order valence-corrected chi connectivity index (χ3v) is 3.77. The summed E-state index contributed by atoms with van der Waals surface area (Å²) >= 11 is 0. The number of aliphatic hydroxyl groups is 1. The molecule has 0 aliphatic heterocycles. The number of benzene rings is 2. The molecule has 3 rings (SSSR count). The van der Waals surface area contributed by atoms with E-state index < -0.39 is 11.4 Å². The van der Waals surface area contributed by atoms with Crippen LogP contribution in [0.2, 0.25) is 0 Å². The molecule has 2 aromatic rings. The maximum atomic E-state index is 14.3. The first kappa shape index (κ1) is 12.2. The molecule has 0 saturated heterocycles. The number of methoxy groups -OCH3 is 1. The second kappa shape index (κ2) is 4.35. The van der Waals surface area contributed by atoms with Crippen molar-refractivity contribution >= 4 is 0 Å². The molecular weight excluding hydrogens is 243 g/mol. The predicted octanol–water partition coefficient (Wildman–Crippen LogP) is 2.82. The van der Waals surface area contributed by atoms with Crippen LogP contribution in [0, 0.1) is 5.82 Å². The van der Waals surface area contributed by atoms with E-state index >= 15 is 0 Å². The van der Waals surface area contributed by atoms with Crippen molar-refractivity contribution in [1.29, 1.82) is 0 Å². The minimum Gasteiger partial charge on any atom is -0.494 e. The van der Waals surface area contributed by atoms with Gasteiger partial charge in [-0.3, -0.25) is 0 Å². The van der Waals surface area contributed by atoms with Crippen molar-refractivity contribution in [3.05, 3.63) is 65.0 Å². The molecule has 0 bridgehead atoms. The summed E-state index contributed by atoms with van der Waals surface area (Å²) in [5, 5.41) is 10.8. The quantitative estimate of drug-likeness (QED) is 0.897. The van der Waals surface area contributed by atoms with Gasteiger partial charge in [-0.25, -0.2) is 4.39 Å². The Kier molecular flexibility index (Phi) is 2.79. The van der Waals surface area contributed by atoms with Crippen molar-refractivity contribution in [2.24, 2.45) is 0 Å². The Labute approximate surface area is 111 Å². The summed E-state index contributed by atoms with van der Waals surface area (Å²) in [7, 11) is 1.43. The van der Waals surface area contributed by atoms with Crippen LogP contribution in [-0.4, -0.2) is 12.2 Å². The van der Waals surface area contributed by atoms with Gasteiger partial charge in [0.1, 0.15) is 5.60 Å². The van der Waals surface area contributed by atoms with Crippen LogP contribution in [0.25, 0.3) is 0 Å². The van der Waals surface area contributed by atoms with Crippen LogP contribution in [-0.2, 0) is 18.4 Å². The molecule has 0 radical (unpaired) electrons. The molecule has 0 saturated carbocycles. The van der Waals surface area contributed by atoms with E-state index in [9.17, 15) is 9.50 Å². The zero-order chi connectivity index (χ0) is 13.5. The standard InChI is InChI=1S/C16H15FO2/c1-19-14-8-4-7-13(15(14)17)16(18)9-11-5-2-3-6-12(11)10-16/h2-8,18H,9-10H2,1H3. The van der Waals surface area contributed by atoms with Crippen LogP contribution in [0.4, 0.5) is 4.39 Å². The lowest BCUT2D eigenvalue weighted by Gasteiger charge is -2.24. The number of fused-ring (bicyclic) bond motifs is 1. The lowest BCUT2D eigenvalue weighted by Crippen LogP contribution is -2.27. The van der Waals surface area contributed by atoms with Gasteiger partial charge in [-0.15, -0.1) is 0 Å². The Morgan fingerprint density at radius 2 is 1.68 bits per heavy atom. The van der Waals surface area contributed by atoms with Gasteiger partial charge in [0.05, 0.1) is 7.11 Å². The highest BCUT2D eigenvalue weighted by molar-refractivity contribution is 5.43. The Bertz CT molecular complexity index is 597. The molecule has 2 aromatic carbocycles. The van der Waals surface area contributed by atoms with E-state index in [4.69, 9.17) is 4.74 Å². The first-order chi connectivity index (χ1) is 9.14. The predicted molar refractivity (Wildman–Crippen MR) is 70.7 cm³/mol. The van der Waals surface area contributed by atoms with Crippen molar-refractivity contribution in [2.75, 3.05) is 7.11 Å². The largest absolute Gasteiger partial charge is 0.494 e. The fraction of sp³-hybridized carbons (Fsp3) is 0.250. The molecule has 0 unspecified atom stereocenters. The second-order valence-electron chi connectivity index (χ2n) is 4.98. The number of rotatable bonds is 2. The molecule has 1 aliphatic rings. The topological polar surface area (TPSA) is 29.5 Å². The number of hydrogen-bond acceptors (Lipinski definition) is 2. The van der Waals surface area contributed by atoms with Gasteiger partial charge >= 0.3 is 0 Å².